The van der Waals surface area contributed by atoms with Crippen LogP contribution in [-0.2, 0) is 16.1 Å². The van der Waals surface area contributed by atoms with Gasteiger partial charge in [-0.3, -0.25) is 4.79 Å². The Balaban J connectivity index is 1.63. The predicted octanol–water partition coefficient (Wildman–Crippen LogP) is 4.29. The Bertz CT molecular complexity index is 916. The van der Waals surface area contributed by atoms with Crippen molar-refractivity contribution in [1.29, 1.82) is 0 Å². The summed E-state index contributed by atoms with van der Waals surface area (Å²) in [5.74, 6) is 0.753. The zero-order valence-corrected chi connectivity index (χ0v) is 15.2. The normalized spacial score (nSPS) is 17.1. The summed E-state index contributed by atoms with van der Waals surface area (Å²) in [6, 6.07) is 15.5. The van der Waals surface area contributed by atoms with E-state index >= 15 is 0 Å². The molecule has 2 heterocycles. The third-order valence-corrected chi connectivity index (χ3v) is 4.81. The van der Waals surface area contributed by atoms with Gasteiger partial charge < -0.3 is 14.6 Å². The van der Waals surface area contributed by atoms with Crippen LogP contribution in [0.5, 0.6) is 0 Å². The minimum atomic E-state index is -0.0829. The lowest BCUT2D eigenvalue weighted by Gasteiger charge is -2.13. The molecule has 1 unspecified atom stereocenters. The molecule has 5 nitrogen and oxygen atoms in total. The van der Waals surface area contributed by atoms with Crippen LogP contribution < -0.4 is 5.32 Å². The number of para-hydroxylation sites is 2. The molecule has 1 N–H and O–H groups in total. The summed E-state index contributed by atoms with van der Waals surface area (Å²) in [6.07, 6.45) is 1.93. The zero-order chi connectivity index (χ0) is 17.2. The number of fused-ring (bicyclic) bond motifs is 1. The summed E-state index contributed by atoms with van der Waals surface area (Å²) in [7, 11) is 0. The number of hydrogen-bond donors (Lipinski definition) is 1. The van der Waals surface area contributed by atoms with Crippen LogP contribution in [0, 0.1) is 0 Å². The quantitative estimate of drug-likeness (QED) is 0.711. The van der Waals surface area contributed by atoms with Crippen molar-refractivity contribution in [3.8, 4) is 0 Å². The molecule has 128 valence electrons. The molecule has 0 radical (unpaired) electrons. The number of nitrogens with zero attached hydrogens (tertiary/aromatic N) is 2. The van der Waals surface area contributed by atoms with Crippen LogP contribution in [0.25, 0.3) is 11.0 Å². The molecule has 0 bridgehead atoms. The lowest BCUT2D eigenvalue weighted by atomic mass is 10.2. The number of aromatic nitrogens is 2. The van der Waals surface area contributed by atoms with E-state index in [-0.39, 0.29) is 18.6 Å². The first-order valence-electron chi connectivity index (χ1n) is 8.33. The van der Waals surface area contributed by atoms with Crippen LogP contribution in [0.4, 0.5) is 5.69 Å². The van der Waals surface area contributed by atoms with Crippen LogP contribution in [0.15, 0.2) is 53.0 Å². The molecule has 3 aromatic rings. The molecule has 1 atom stereocenters. The van der Waals surface area contributed by atoms with Gasteiger partial charge in [-0.1, -0.05) is 34.1 Å². The topological polar surface area (TPSA) is 56.2 Å². The maximum absolute atomic E-state index is 12.6. The highest BCUT2D eigenvalue weighted by atomic mass is 79.9. The van der Waals surface area contributed by atoms with Gasteiger partial charge >= 0.3 is 0 Å². The number of amides is 1. The highest BCUT2D eigenvalue weighted by molar-refractivity contribution is 9.10. The number of imidazole rings is 1. The Kier molecular flexibility index (Phi) is 4.55. The number of carbonyl (C=O) groups excluding carboxylic acids is 1. The highest BCUT2D eigenvalue weighted by Crippen LogP contribution is 2.30. The summed E-state index contributed by atoms with van der Waals surface area (Å²) in [6.45, 7) is 0.959. The van der Waals surface area contributed by atoms with Crippen molar-refractivity contribution < 1.29 is 9.53 Å². The first-order chi connectivity index (χ1) is 12.2. The van der Waals surface area contributed by atoms with E-state index in [4.69, 9.17) is 9.72 Å². The van der Waals surface area contributed by atoms with Gasteiger partial charge in [-0.2, -0.15) is 0 Å². The Morgan fingerprint density at radius 3 is 2.96 bits per heavy atom. The number of carbonyl (C=O) groups is 1. The highest BCUT2D eigenvalue weighted by Gasteiger charge is 2.25. The number of benzene rings is 2. The van der Waals surface area contributed by atoms with E-state index in [1.165, 1.54) is 0 Å². The molecular weight excluding hydrogens is 382 g/mol. The maximum Gasteiger partial charge on any atom is 0.244 e. The standard InChI is InChI=1S/C19H18BrN3O2/c20-13-5-3-6-14(11-13)21-18(24)12-23-16-8-2-1-7-15(16)22-19(23)17-9-4-10-25-17/h1-3,5-8,11,17H,4,9-10,12H2,(H,21,24). The van der Waals surface area contributed by atoms with Crippen molar-refractivity contribution in [3.63, 3.8) is 0 Å². The molecule has 1 saturated heterocycles. The fraction of sp³-hybridized carbons (Fsp3) is 0.263. The zero-order valence-electron chi connectivity index (χ0n) is 13.6. The summed E-state index contributed by atoms with van der Waals surface area (Å²) in [4.78, 5) is 17.3. The van der Waals surface area contributed by atoms with Crippen molar-refractivity contribution >= 4 is 38.6 Å². The van der Waals surface area contributed by atoms with Gasteiger partial charge in [-0.05, 0) is 43.2 Å². The van der Waals surface area contributed by atoms with Gasteiger partial charge in [0, 0.05) is 16.8 Å². The molecule has 0 aliphatic carbocycles. The van der Waals surface area contributed by atoms with Gasteiger partial charge in [0.25, 0.3) is 0 Å². The summed E-state index contributed by atoms with van der Waals surface area (Å²) < 4.78 is 8.70. The Hall–Kier alpha value is -2.18. The third-order valence-electron chi connectivity index (χ3n) is 4.31. The third kappa shape index (κ3) is 3.45. The smallest absolute Gasteiger partial charge is 0.244 e. The molecular formula is C19H18BrN3O2. The Morgan fingerprint density at radius 1 is 1.28 bits per heavy atom. The van der Waals surface area contributed by atoms with Crippen LogP contribution in [-0.4, -0.2) is 22.1 Å². The second kappa shape index (κ2) is 6.98. The molecule has 0 saturated carbocycles. The molecule has 1 aromatic heterocycles. The Labute approximate surface area is 154 Å². The summed E-state index contributed by atoms with van der Waals surface area (Å²) in [5.41, 5.74) is 2.61. The average Bonchev–Trinajstić information content (AvgIpc) is 3.23. The van der Waals surface area contributed by atoms with E-state index in [9.17, 15) is 4.79 Å². The number of hydrogen-bond acceptors (Lipinski definition) is 3. The number of halogens is 1. The minimum absolute atomic E-state index is 0.0360. The lowest BCUT2D eigenvalue weighted by molar-refractivity contribution is -0.116. The van der Waals surface area contributed by atoms with Gasteiger partial charge in [-0.25, -0.2) is 4.98 Å². The molecule has 1 aliphatic rings. The van der Waals surface area contributed by atoms with Crippen LogP contribution in [0.3, 0.4) is 0 Å². The van der Waals surface area contributed by atoms with E-state index < -0.39 is 0 Å². The van der Waals surface area contributed by atoms with Gasteiger partial charge in [0.05, 0.1) is 11.0 Å². The van der Waals surface area contributed by atoms with Crippen LogP contribution in [0.1, 0.15) is 24.8 Å². The van der Waals surface area contributed by atoms with E-state index in [0.717, 1.165) is 46.5 Å². The maximum atomic E-state index is 12.6. The molecule has 25 heavy (non-hydrogen) atoms. The van der Waals surface area contributed by atoms with Gasteiger partial charge in [0.2, 0.25) is 5.91 Å². The van der Waals surface area contributed by atoms with Gasteiger partial charge in [-0.15, -0.1) is 0 Å². The van der Waals surface area contributed by atoms with Crippen molar-refractivity contribution in [2.24, 2.45) is 0 Å². The molecule has 6 heteroatoms. The number of nitrogens with one attached hydrogen (secondary N) is 1. The Morgan fingerprint density at radius 2 is 2.16 bits per heavy atom. The predicted molar refractivity (Wildman–Crippen MR) is 100 cm³/mol. The van der Waals surface area contributed by atoms with Crippen molar-refractivity contribution in [3.05, 3.63) is 58.8 Å². The minimum Gasteiger partial charge on any atom is -0.370 e. The number of rotatable bonds is 4. The molecule has 4 rings (SSSR count). The van der Waals surface area contributed by atoms with Crippen molar-refractivity contribution in [2.75, 3.05) is 11.9 Å². The largest absolute Gasteiger partial charge is 0.370 e. The second-order valence-corrected chi connectivity index (χ2v) is 7.02. The monoisotopic (exact) mass is 399 g/mol. The summed E-state index contributed by atoms with van der Waals surface area (Å²) >= 11 is 3.42. The van der Waals surface area contributed by atoms with E-state index in [1.54, 1.807) is 0 Å². The van der Waals surface area contributed by atoms with E-state index in [0.29, 0.717) is 0 Å². The van der Waals surface area contributed by atoms with E-state index in [2.05, 4.69) is 21.2 Å². The second-order valence-electron chi connectivity index (χ2n) is 6.11. The van der Waals surface area contributed by atoms with E-state index in [1.807, 2.05) is 53.1 Å². The van der Waals surface area contributed by atoms with Crippen molar-refractivity contribution in [1.82, 2.24) is 9.55 Å². The first-order valence-corrected chi connectivity index (χ1v) is 9.12. The fourth-order valence-corrected chi connectivity index (χ4v) is 3.60. The van der Waals surface area contributed by atoms with Crippen molar-refractivity contribution in [2.45, 2.75) is 25.5 Å². The summed E-state index contributed by atoms with van der Waals surface area (Å²) in [5, 5.41) is 2.95. The molecule has 2 aromatic carbocycles. The SMILES string of the molecule is O=C(Cn1c(C2CCCO2)nc2ccccc21)Nc1cccc(Br)c1. The number of ether oxygens (including phenoxy) is 1. The average molecular weight is 400 g/mol. The molecule has 1 aliphatic heterocycles. The molecule has 1 fully saturated rings. The molecule has 0 spiro atoms. The first kappa shape index (κ1) is 16.3. The van der Waals surface area contributed by atoms with Crippen LogP contribution >= 0.6 is 15.9 Å². The van der Waals surface area contributed by atoms with Gasteiger partial charge in [0.1, 0.15) is 18.5 Å². The number of anilines is 1. The van der Waals surface area contributed by atoms with Crippen LogP contribution in [0.2, 0.25) is 0 Å². The van der Waals surface area contributed by atoms with Gasteiger partial charge in [0.15, 0.2) is 0 Å². The molecule has 1 amide bonds. The fourth-order valence-electron chi connectivity index (χ4n) is 3.20. The lowest BCUT2D eigenvalue weighted by Crippen LogP contribution is -2.21.